The summed E-state index contributed by atoms with van der Waals surface area (Å²) in [6, 6.07) is 7.73. The predicted molar refractivity (Wildman–Crippen MR) is 83.1 cm³/mol. The molecule has 24 heavy (non-hydrogen) atoms. The Bertz CT molecular complexity index is 715. The summed E-state index contributed by atoms with van der Waals surface area (Å²) in [5, 5.41) is 0.173. The molecule has 0 saturated carbocycles. The molecule has 0 unspecified atom stereocenters. The molecule has 0 bridgehead atoms. The lowest BCUT2D eigenvalue weighted by molar-refractivity contribution is 0.0515. The van der Waals surface area contributed by atoms with Gasteiger partial charge in [-0.15, -0.1) is 0 Å². The summed E-state index contributed by atoms with van der Waals surface area (Å²) in [5.41, 5.74) is -0.624. The highest BCUT2D eigenvalue weighted by atomic mass is 35.5. The quantitative estimate of drug-likeness (QED) is 0.668. The number of carbonyl (C=O) groups is 1. The maximum absolute atomic E-state index is 13.7. The highest BCUT2D eigenvalue weighted by molar-refractivity contribution is 6.31. The van der Waals surface area contributed by atoms with E-state index in [0.29, 0.717) is 0 Å². The SMILES string of the molecule is CCOC(=O)c1ccc(OCc2c(F)cccc2Cl)cc1C(F)F. The standard InChI is InChI=1S/C17H14ClF3O3/c1-2-23-17(22)11-7-6-10(8-12(11)16(20)21)24-9-13-14(18)4-3-5-15(13)19/h3-8,16H,2,9H2,1H3. The molecule has 0 radical (unpaired) electrons. The van der Waals surface area contributed by atoms with Gasteiger partial charge in [-0.3, -0.25) is 0 Å². The summed E-state index contributed by atoms with van der Waals surface area (Å²) >= 11 is 5.88. The van der Waals surface area contributed by atoms with Crippen LogP contribution < -0.4 is 4.74 Å². The molecule has 0 saturated heterocycles. The van der Waals surface area contributed by atoms with Crippen molar-refractivity contribution < 1.29 is 27.4 Å². The van der Waals surface area contributed by atoms with E-state index in [1.807, 2.05) is 0 Å². The van der Waals surface area contributed by atoms with Gasteiger partial charge in [-0.2, -0.15) is 0 Å². The number of benzene rings is 2. The Labute approximate surface area is 142 Å². The fourth-order valence-electron chi connectivity index (χ4n) is 2.03. The third-order valence-electron chi connectivity index (χ3n) is 3.20. The maximum Gasteiger partial charge on any atom is 0.338 e. The van der Waals surface area contributed by atoms with Crippen LogP contribution in [0.3, 0.4) is 0 Å². The van der Waals surface area contributed by atoms with Gasteiger partial charge < -0.3 is 9.47 Å². The first-order chi connectivity index (χ1) is 11.4. The first kappa shape index (κ1) is 18.1. The lowest BCUT2D eigenvalue weighted by Crippen LogP contribution is -2.09. The smallest absolute Gasteiger partial charge is 0.338 e. The molecule has 2 aromatic rings. The largest absolute Gasteiger partial charge is 0.489 e. The Kier molecular flexibility index (Phi) is 6.09. The summed E-state index contributed by atoms with van der Waals surface area (Å²) < 4.78 is 50.0. The normalized spacial score (nSPS) is 10.8. The molecule has 0 aliphatic rings. The van der Waals surface area contributed by atoms with Gasteiger partial charge in [0.2, 0.25) is 0 Å². The lowest BCUT2D eigenvalue weighted by atomic mass is 10.1. The van der Waals surface area contributed by atoms with E-state index in [1.54, 1.807) is 6.92 Å². The van der Waals surface area contributed by atoms with Crippen LogP contribution in [0, 0.1) is 5.82 Å². The third kappa shape index (κ3) is 4.20. The Morgan fingerprint density at radius 2 is 2.00 bits per heavy atom. The van der Waals surface area contributed by atoms with E-state index in [9.17, 15) is 18.0 Å². The highest BCUT2D eigenvalue weighted by Gasteiger charge is 2.20. The number of halogens is 4. The summed E-state index contributed by atoms with van der Waals surface area (Å²) in [6.45, 7) is 1.42. The van der Waals surface area contributed by atoms with Crippen LogP contribution in [0.5, 0.6) is 5.75 Å². The predicted octanol–water partition coefficient (Wildman–Crippen LogP) is 5.17. The molecule has 128 valence electrons. The number of rotatable bonds is 6. The van der Waals surface area contributed by atoms with Crippen molar-refractivity contribution in [3.63, 3.8) is 0 Å². The van der Waals surface area contributed by atoms with Gasteiger partial charge in [-0.05, 0) is 37.3 Å². The van der Waals surface area contributed by atoms with Gasteiger partial charge in [-0.1, -0.05) is 17.7 Å². The zero-order chi connectivity index (χ0) is 17.7. The molecule has 0 spiro atoms. The number of hydrogen-bond acceptors (Lipinski definition) is 3. The molecule has 3 nitrogen and oxygen atoms in total. The zero-order valence-corrected chi connectivity index (χ0v) is 13.4. The summed E-state index contributed by atoms with van der Waals surface area (Å²) in [4.78, 5) is 11.7. The first-order valence-electron chi connectivity index (χ1n) is 7.09. The fraction of sp³-hybridized carbons (Fsp3) is 0.235. The molecule has 7 heteroatoms. The second kappa shape index (κ2) is 8.06. The summed E-state index contributed by atoms with van der Waals surface area (Å²) in [7, 11) is 0. The Morgan fingerprint density at radius 1 is 1.25 bits per heavy atom. The van der Waals surface area contributed by atoms with Crippen LogP contribution in [-0.4, -0.2) is 12.6 Å². The van der Waals surface area contributed by atoms with Crippen molar-refractivity contribution in [3.8, 4) is 5.75 Å². The Hall–Kier alpha value is -2.21. The average Bonchev–Trinajstić information content (AvgIpc) is 2.54. The molecule has 0 fully saturated rings. The summed E-state index contributed by atoms with van der Waals surface area (Å²) in [5.74, 6) is -1.33. The second-order valence-corrected chi connectivity index (χ2v) is 5.17. The van der Waals surface area contributed by atoms with E-state index >= 15 is 0 Å². The van der Waals surface area contributed by atoms with Crippen LogP contribution in [-0.2, 0) is 11.3 Å². The molecule has 0 heterocycles. The molecule has 0 N–H and O–H groups in total. The van der Waals surface area contributed by atoms with Crippen molar-refractivity contribution in [2.24, 2.45) is 0 Å². The van der Waals surface area contributed by atoms with Crippen LogP contribution in [0.1, 0.15) is 34.8 Å². The molecular formula is C17H14ClF3O3. The van der Waals surface area contributed by atoms with Gasteiger partial charge in [-0.25, -0.2) is 18.0 Å². The minimum Gasteiger partial charge on any atom is -0.489 e. The minimum atomic E-state index is -2.88. The second-order valence-electron chi connectivity index (χ2n) is 4.76. The number of hydrogen-bond donors (Lipinski definition) is 0. The van der Waals surface area contributed by atoms with E-state index < -0.39 is 23.8 Å². The minimum absolute atomic E-state index is 0.0673. The van der Waals surface area contributed by atoms with Gasteiger partial charge in [0.15, 0.2) is 0 Å². The molecule has 0 aliphatic carbocycles. The molecule has 2 aromatic carbocycles. The average molecular weight is 359 g/mol. The van der Waals surface area contributed by atoms with E-state index in [0.717, 1.165) is 6.07 Å². The molecule has 0 aliphatic heterocycles. The van der Waals surface area contributed by atoms with Gasteiger partial charge in [0.05, 0.1) is 17.2 Å². The van der Waals surface area contributed by atoms with Crippen molar-refractivity contribution in [1.82, 2.24) is 0 Å². The van der Waals surface area contributed by atoms with Crippen LogP contribution >= 0.6 is 11.6 Å². The van der Waals surface area contributed by atoms with Gasteiger partial charge in [0.25, 0.3) is 6.43 Å². The van der Waals surface area contributed by atoms with Gasteiger partial charge in [0, 0.05) is 11.1 Å². The van der Waals surface area contributed by atoms with Crippen molar-refractivity contribution in [2.45, 2.75) is 20.0 Å². The number of esters is 1. The topological polar surface area (TPSA) is 35.5 Å². The Balaban J connectivity index is 2.23. The molecule has 2 rings (SSSR count). The van der Waals surface area contributed by atoms with Crippen LogP contribution in [0.2, 0.25) is 5.02 Å². The zero-order valence-electron chi connectivity index (χ0n) is 12.7. The van der Waals surface area contributed by atoms with E-state index in [2.05, 4.69) is 0 Å². The molecule has 0 amide bonds. The Morgan fingerprint density at radius 3 is 2.62 bits per heavy atom. The fourth-order valence-corrected chi connectivity index (χ4v) is 2.25. The monoisotopic (exact) mass is 358 g/mol. The molecular weight excluding hydrogens is 345 g/mol. The van der Waals surface area contributed by atoms with Crippen molar-refractivity contribution in [1.29, 1.82) is 0 Å². The van der Waals surface area contributed by atoms with Crippen molar-refractivity contribution in [2.75, 3.05) is 6.61 Å². The van der Waals surface area contributed by atoms with Crippen LogP contribution in [0.15, 0.2) is 36.4 Å². The van der Waals surface area contributed by atoms with Crippen molar-refractivity contribution >= 4 is 17.6 Å². The lowest BCUT2D eigenvalue weighted by Gasteiger charge is -2.12. The number of alkyl halides is 2. The third-order valence-corrected chi connectivity index (χ3v) is 3.55. The molecule has 0 atom stereocenters. The van der Waals surface area contributed by atoms with Gasteiger partial charge in [0.1, 0.15) is 18.2 Å². The van der Waals surface area contributed by atoms with E-state index in [-0.39, 0.29) is 35.1 Å². The van der Waals surface area contributed by atoms with Crippen LogP contribution in [0.4, 0.5) is 13.2 Å². The highest BCUT2D eigenvalue weighted by Crippen LogP contribution is 2.29. The van der Waals surface area contributed by atoms with Crippen LogP contribution in [0.25, 0.3) is 0 Å². The van der Waals surface area contributed by atoms with Gasteiger partial charge >= 0.3 is 5.97 Å². The van der Waals surface area contributed by atoms with Crippen molar-refractivity contribution in [3.05, 3.63) is 63.9 Å². The first-order valence-corrected chi connectivity index (χ1v) is 7.46. The summed E-state index contributed by atoms with van der Waals surface area (Å²) in [6.07, 6.45) is -2.88. The van der Waals surface area contributed by atoms with E-state index in [4.69, 9.17) is 21.1 Å². The number of ether oxygens (including phenoxy) is 2. The van der Waals surface area contributed by atoms with E-state index in [1.165, 1.54) is 30.3 Å². The molecule has 0 aromatic heterocycles. The number of carbonyl (C=O) groups excluding carboxylic acids is 1. The maximum atomic E-state index is 13.7.